The van der Waals surface area contributed by atoms with Crippen molar-refractivity contribution >= 4 is 35.8 Å². The van der Waals surface area contributed by atoms with E-state index in [2.05, 4.69) is 34.8 Å². The molecular formula is C16H33IN4O. The quantitative estimate of drug-likeness (QED) is 0.243. The lowest BCUT2D eigenvalue weighted by Crippen LogP contribution is -2.41. The van der Waals surface area contributed by atoms with E-state index in [0.29, 0.717) is 25.4 Å². The minimum Gasteiger partial charge on any atom is -0.357 e. The summed E-state index contributed by atoms with van der Waals surface area (Å²) >= 11 is 0. The van der Waals surface area contributed by atoms with Crippen molar-refractivity contribution in [1.82, 2.24) is 16.0 Å². The summed E-state index contributed by atoms with van der Waals surface area (Å²) in [7, 11) is 0. The lowest BCUT2D eigenvalue weighted by atomic mass is 9.87. The topological polar surface area (TPSA) is 65.5 Å². The first-order chi connectivity index (χ1) is 10.3. The largest absolute Gasteiger partial charge is 0.357 e. The van der Waals surface area contributed by atoms with E-state index in [1.54, 1.807) is 0 Å². The van der Waals surface area contributed by atoms with E-state index in [0.717, 1.165) is 25.5 Å². The van der Waals surface area contributed by atoms with E-state index >= 15 is 0 Å². The van der Waals surface area contributed by atoms with Gasteiger partial charge in [-0.15, -0.1) is 24.0 Å². The van der Waals surface area contributed by atoms with Gasteiger partial charge >= 0.3 is 0 Å². The molecule has 0 saturated heterocycles. The molecule has 0 aromatic heterocycles. The van der Waals surface area contributed by atoms with E-state index in [-0.39, 0.29) is 29.9 Å². The average molecular weight is 424 g/mol. The monoisotopic (exact) mass is 424 g/mol. The lowest BCUT2D eigenvalue weighted by molar-refractivity contribution is -0.122. The van der Waals surface area contributed by atoms with Gasteiger partial charge in [-0.3, -0.25) is 9.79 Å². The Labute approximate surface area is 152 Å². The molecule has 0 aliphatic heterocycles. The molecule has 1 rings (SSSR count). The SMILES string of the molecule is CCCN=C(NCC)NCCNC(=O)CC1CCCCC1.I. The zero-order chi connectivity index (χ0) is 15.3. The Morgan fingerprint density at radius 3 is 2.36 bits per heavy atom. The molecular weight excluding hydrogens is 391 g/mol. The standard InChI is InChI=1S/C16H32N4O.HI/c1-3-10-19-16(17-4-2)20-12-11-18-15(21)13-14-8-6-5-7-9-14;/h14H,3-13H2,1-2H3,(H,18,21)(H2,17,19,20);1H. The molecule has 0 atom stereocenters. The van der Waals surface area contributed by atoms with Crippen LogP contribution in [0.25, 0.3) is 0 Å². The molecule has 0 spiro atoms. The molecule has 0 unspecified atom stereocenters. The van der Waals surface area contributed by atoms with Gasteiger partial charge in [0.2, 0.25) is 5.91 Å². The van der Waals surface area contributed by atoms with Crippen LogP contribution in [0.5, 0.6) is 0 Å². The Morgan fingerprint density at radius 2 is 1.73 bits per heavy atom. The highest BCUT2D eigenvalue weighted by Crippen LogP contribution is 2.25. The lowest BCUT2D eigenvalue weighted by Gasteiger charge is -2.20. The highest BCUT2D eigenvalue weighted by atomic mass is 127. The fourth-order valence-corrected chi connectivity index (χ4v) is 2.67. The van der Waals surface area contributed by atoms with Gasteiger partial charge in [0.1, 0.15) is 0 Å². The molecule has 1 fully saturated rings. The molecule has 1 saturated carbocycles. The first kappa shape index (κ1) is 21.5. The van der Waals surface area contributed by atoms with Crippen LogP contribution >= 0.6 is 24.0 Å². The molecule has 0 aromatic carbocycles. The van der Waals surface area contributed by atoms with Gasteiger partial charge in [-0.25, -0.2) is 0 Å². The third kappa shape index (κ3) is 10.2. The third-order valence-corrected chi connectivity index (χ3v) is 3.78. The van der Waals surface area contributed by atoms with Crippen LogP contribution in [-0.4, -0.2) is 38.0 Å². The molecule has 1 aliphatic carbocycles. The van der Waals surface area contributed by atoms with Crippen LogP contribution in [0.1, 0.15) is 58.8 Å². The predicted octanol–water partition coefficient (Wildman–Crippen LogP) is 2.66. The normalized spacial score (nSPS) is 15.8. The number of rotatable bonds is 8. The number of nitrogens with one attached hydrogen (secondary N) is 3. The molecule has 6 heteroatoms. The number of carbonyl (C=O) groups excluding carboxylic acids is 1. The number of hydrogen-bond acceptors (Lipinski definition) is 2. The van der Waals surface area contributed by atoms with Crippen molar-refractivity contribution in [3.8, 4) is 0 Å². The van der Waals surface area contributed by atoms with Crippen LogP contribution in [0.3, 0.4) is 0 Å². The minimum absolute atomic E-state index is 0. The van der Waals surface area contributed by atoms with E-state index in [1.807, 2.05) is 0 Å². The highest BCUT2D eigenvalue weighted by molar-refractivity contribution is 14.0. The second-order valence-electron chi connectivity index (χ2n) is 5.75. The van der Waals surface area contributed by atoms with Crippen LogP contribution in [0, 0.1) is 5.92 Å². The van der Waals surface area contributed by atoms with E-state index in [4.69, 9.17) is 0 Å². The number of amides is 1. The Morgan fingerprint density at radius 1 is 1.05 bits per heavy atom. The first-order valence-electron chi connectivity index (χ1n) is 8.55. The zero-order valence-electron chi connectivity index (χ0n) is 14.1. The van der Waals surface area contributed by atoms with Gasteiger partial charge < -0.3 is 16.0 Å². The van der Waals surface area contributed by atoms with Crippen LogP contribution in [-0.2, 0) is 4.79 Å². The van der Waals surface area contributed by atoms with E-state index in [9.17, 15) is 4.79 Å². The summed E-state index contributed by atoms with van der Waals surface area (Å²) in [5, 5.41) is 9.44. The van der Waals surface area contributed by atoms with Crippen molar-refractivity contribution in [3.63, 3.8) is 0 Å². The zero-order valence-corrected chi connectivity index (χ0v) is 16.4. The molecule has 1 aliphatic rings. The molecule has 0 radical (unpaired) electrons. The average Bonchev–Trinajstić information content (AvgIpc) is 2.50. The highest BCUT2D eigenvalue weighted by Gasteiger charge is 2.16. The summed E-state index contributed by atoms with van der Waals surface area (Å²) in [6.45, 7) is 7.20. The molecule has 130 valence electrons. The van der Waals surface area contributed by atoms with Crippen molar-refractivity contribution in [2.45, 2.75) is 58.8 Å². The molecule has 1 amide bonds. The van der Waals surface area contributed by atoms with Gasteiger partial charge in [0.25, 0.3) is 0 Å². The van der Waals surface area contributed by atoms with Gasteiger partial charge in [-0.05, 0) is 32.1 Å². The molecule has 22 heavy (non-hydrogen) atoms. The number of guanidine groups is 1. The van der Waals surface area contributed by atoms with E-state index in [1.165, 1.54) is 32.1 Å². The first-order valence-corrected chi connectivity index (χ1v) is 8.55. The third-order valence-electron chi connectivity index (χ3n) is 3.78. The summed E-state index contributed by atoms with van der Waals surface area (Å²) in [5.74, 6) is 1.63. The summed E-state index contributed by atoms with van der Waals surface area (Å²) in [5.41, 5.74) is 0. The maximum atomic E-state index is 11.9. The van der Waals surface area contributed by atoms with Gasteiger partial charge in [0, 0.05) is 32.6 Å². The molecule has 0 bridgehead atoms. The van der Waals surface area contributed by atoms with Gasteiger partial charge in [0.15, 0.2) is 5.96 Å². The summed E-state index contributed by atoms with van der Waals surface area (Å²) in [6.07, 6.45) is 8.10. The van der Waals surface area contributed by atoms with Crippen LogP contribution in [0.2, 0.25) is 0 Å². The van der Waals surface area contributed by atoms with Crippen LogP contribution in [0.15, 0.2) is 4.99 Å². The fourth-order valence-electron chi connectivity index (χ4n) is 2.67. The molecule has 0 aromatic rings. The molecule has 0 heterocycles. The number of halogens is 1. The smallest absolute Gasteiger partial charge is 0.220 e. The minimum atomic E-state index is 0. The van der Waals surface area contributed by atoms with Gasteiger partial charge in [-0.2, -0.15) is 0 Å². The van der Waals surface area contributed by atoms with Crippen molar-refractivity contribution in [3.05, 3.63) is 0 Å². The summed E-state index contributed by atoms with van der Waals surface area (Å²) in [6, 6.07) is 0. The maximum absolute atomic E-state index is 11.9. The molecule has 3 N–H and O–H groups in total. The second-order valence-corrected chi connectivity index (χ2v) is 5.75. The number of carbonyl (C=O) groups is 1. The second kappa shape index (κ2) is 14.1. The maximum Gasteiger partial charge on any atom is 0.220 e. The predicted molar refractivity (Wildman–Crippen MR) is 104 cm³/mol. The van der Waals surface area contributed by atoms with E-state index < -0.39 is 0 Å². The number of aliphatic imine (C=N–C) groups is 1. The van der Waals surface area contributed by atoms with Crippen molar-refractivity contribution in [2.75, 3.05) is 26.2 Å². The van der Waals surface area contributed by atoms with Crippen molar-refractivity contribution < 1.29 is 4.79 Å². The van der Waals surface area contributed by atoms with Crippen LogP contribution < -0.4 is 16.0 Å². The Kier molecular flexibility index (Phi) is 13.7. The van der Waals surface area contributed by atoms with Crippen molar-refractivity contribution in [1.29, 1.82) is 0 Å². The number of hydrogen-bond donors (Lipinski definition) is 3. The summed E-state index contributed by atoms with van der Waals surface area (Å²) < 4.78 is 0. The van der Waals surface area contributed by atoms with Gasteiger partial charge in [0.05, 0.1) is 0 Å². The van der Waals surface area contributed by atoms with Crippen molar-refractivity contribution in [2.24, 2.45) is 10.9 Å². The summed E-state index contributed by atoms with van der Waals surface area (Å²) in [4.78, 5) is 16.3. The Balaban J connectivity index is 0.00000441. The number of nitrogens with zero attached hydrogens (tertiary/aromatic N) is 1. The Bertz CT molecular complexity index is 317. The fraction of sp³-hybridized carbons (Fsp3) is 0.875. The van der Waals surface area contributed by atoms with Crippen LogP contribution in [0.4, 0.5) is 0 Å². The molecule has 5 nitrogen and oxygen atoms in total. The van der Waals surface area contributed by atoms with Gasteiger partial charge in [-0.1, -0.05) is 26.2 Å². The Hall–Kier alpha value is -0.530.